The zero-order chi connectivity index (χ0) is 11.5. The van der Waals surface area contributed by atoms with Gasteiger partial charge in [-0.1, -0.05) is 0 Å². The first kappa shape index (κ1) is 11.8. The first-order valence-corrected chi connectivity index (χ1v) is 4.09. The molecule has 0 amide bonds. The van der Waals surface area contributed by atoms with Crippen molar-refractivity contribution in [1.29, 1.82) is 0 Å². The smallest absolute Gasteiger partial charge is 0.419 e. The highest BCUT2D eigenvalue weighted by Gasteiger charge is 2.34. The van der Waals surface area contributed by atoms with Gasteiger partial charge < -0.3 is 4.74 Å². The van der Waals surface area contributed by atoms with Crippen LogP contribution >= 0.6 is 0 Å². The minimum Gasteiger partial charge on any atom is -0.478 e. The van der Waals surface area contributed by atoms with Gasteiger partial charge in [-0.2, -0.15) is 13.2 Å². The maximum absolute atomic E-state index is 12.8. The number of hydrogen-bond acceptors (Lipinski definition) is 2. The van der Waals surface area contributed by atoms with Crippen molar-refractivity contribution in [3.8, 4) is 5.75 Å². The maximum Gasteiger partial charge on any atom is 0.419 e. The van der Waals surface area contributed by atoms with Crippen molar-refractivity contribution in [3.05, 3.63) is 29.6 Å². The van der Waals surface area contributed by atoms with Crippen molar-refractivity contribution in [2.45, 2.75) is 6.18 Å². The molecule has 0 aromatic heterocycles. The van der Waals surface area contributed by atoms with Gasteiger partial charge in [0.2, 0.25) is 0 Å². The second-order valence-electron chi connectivity index (χ2n) is 2.78. The van der Waals surface area contributed by atoms with Gasteiger partial charge in [0.15, 0.2) is 0 Å². The Kier molecular flexibility index (Phi) is 3.52. The standard InChI is InChI=1S/C9H9F4NO/c1-14-5-15-6-2-3-8(10)7(4-6)9(11,12)13/h2-4,14H,5H2,1H3. The van der Waals surface area contributed by atoms with Crippen LogP contribution in [0.3, 0.4) is 0 Å². The van der Waals surface area contributed by atoms with Gasteiger partial charge in [0.25, 0.3) is 0 Å². The molecule has 1 aromatic carbocycles. The summed E-state index contributed by atoms with van der Waals surface area (Å²) in [6.45, 7) is 0.0585. The van der Waals surface area contributed by atoms with Crippen molar-refractivity contribution in [2.75, 3.05) is 13.8 Å². The Morgan fingerprint density at radius 2 is 2.00 bits per heavy atom. The minimum absolute atomic E-state index is 0.0296. The van der Waals surface area contributed by atoms with Gasteiger partial charge in [0.1, 0.15) is 18.3 Å². The van der Waals surface area contributed by atoms with E-state index in [0.29, 0.717) is 6.07 Å². The molecule has 0 heterocycles. The van der Waals surface area contributed by atoms with Gasteiger partial charge in [-0.05, 0) is 25.2 Å². The van der Waals surface area contributed by atoms with Crippen LogP contribution in [0.5, 0.6) is 5.75 Å². The average molecular weight is 223 g/mol. The van der Waals surface area contributed by atoms with Crippen LogP contribution in [0.15, 0.2) is 18.2 Å². The van der Waals surface area contributed by atoms with Crippen LogP contribution in [-0.4, -0.2) is 13.8 Å². The summed E-state index contributed by atoms with van der Waals surface area (Å²) in [4.78, 5) is 0. The number of halogens is 4. The highest BCUT2D eigenvalue weighted by atomic mass is 19.4. The molecule has 84 valence electrons. The first-order valence-electron chi connectivity index (χ1n) is 4.09. The van der Waals surface area contributed by atoms with Crippen LogP contribution in [0.4, 0.5) is 17.6 Å². The molecule has 0 aliphatic carbocycles. The van der Waals surface area contributed by atoms with E-state index in [1.54, 1.807) is 7.05 Å². The predicted molar refractivity (Wildman–Crippen MR) is 46.0 cm³/mol. The Morgan fingerprint density at radius 1 is 1.33 bits per heavy atom. The highest BCUT2D eigenvalue weighted by molar-refractivity contribution is 5.31. The number of ether oxygens (including phenoxy) is 1. The third-order valence-corrected chi connectivity index (χ3v) is 1.63. The van der Waals surface area contributed by atoms with Gasteiger partial charge in [-0.15, -0.1) is 0 Å². The molecular weight excluding hydrogens is 214 g/mol. The lowest BCUT2D eigenvalue weighted by Crippen LogP contribution is -2.15. The number of hydrogen-bond donors (Lipinski definition) is 1. The molecule has 0 unspecified atom stereocenters. The molecular formula is C9H9F4NO. The molecule has 0 fully saturated rings. The quantitative estimate of drug-likeness (QED) is 0.627. The molecule has 0 spiro atoms. The van der Waals surface area contributed by atoms with Gasteiger partial charge in [-0.25, -0.2) is 4.39 Å². The summed E-state index contributed by atoms with van der Waals surface area (Å²) in [7, 11) is 1.58. The third kappa shape index (κ3) is 3.09. The number of alkyl halides is 3. The third-order valence-electron chi connectivity index (χ3n) is 1.63. The Balaban J connectivity index is 2.95. The lowest BCUT2D eigenvalue weighted by Gasteiger charge is -2.10. The second kappa shape index (κ2) is 4.48. The lowest BCUT2D eigenvalue weighted by atomic mass is 10.2. The van der Waals surface area contributed by atoms with Gasteiger partial charge >= 0.3 is 6.18 Å². The Morgan fingerprint density at radius 3 is 2.53 bits per heavy atom. The fourth-order valence-electron chi connectivity index (χ4n) is 0.967. The molecule has 0 aliphatic heterocycles. The van der Waals surface area contributed by atoms with Crippen molar-refractivity contribution in [1.82, 2.24) is 5.32 Å². The van der Waals surface area contributed by atoms with Gasteiger partial charge in [0, 0.05) is 0 Å². The number of nitrogens with one attached hydrogen (secondary N) is 1. The molecule has 0 radical (unpaired) electrons. The van der Waals surface area contributed by atoms with Crippen LogP contribution in [0.2, 0.25) is 0 Å². The zero-order valence-corrected chi connectivity index (χ0v) is 7.86. The van der Waals surface area contributed by atoms with Crippen molar-refractivity contribution >= 4 is 0 Å². The van der Waals surface area contributed by atoms with E-state index < -0.39 is 17.6 Å². The van der Waals surface area contributed by atoms with E-state index in [-0.39, 0.29) is 12.5 Å². The van der Waals surface area contributed by atoms with E-state index >= 15 is 0 Å². The Labute approximate surface area is 83.9 Å². The van der Waals surface area contributed by atoms with E-state index in [0.717, 1.165) is 12.1 Å². The minimum atomic E-state index is -4.71. The molecule has 2 nitrogen and oxygen atoms in total. The first-order chi connectivity index (χ1) is 6.95. The average Bonchev–Trinajstić information content (AvgIpc) is 2.15. The molecule has 0 atom stereocenters. The fraction of sp³-hybridized carbons (Fsp3) is 0.333. The predicted octanol–water partition coefficient (Wildman–Crippen LogP) is 2.40. The fourth-order valence-corrected chi connectivity index (χ4v) is 0.967. The van der Waals surface area contributed by atoms with E-state index in [4.69, 9.17) is 4.74 Å². The van der Waals surface area contributed by atoms with Crippen LogP contribution in [0, 0.1) is 5.82 Å². The molecule has 0 aliphatic rings. The van der Waals surface area contributed by atoms with Crippen molar-refractivity contribution < 1.29 is 22.3 Å². The summed E-state index contributed by atoms with van der Waals surface area (Å²) in [5.74, 6) is -1.34. The summed E-state index contributed by atoms with van der Waals surface area (Å²) in [6, 6.07) is 2.50. The van der Waals surface area contributed by atoms with Crippen LogP contribution in [0.1, 0.15) is 5.56 Å². The van der Waals surface area contributed by atoms with E-state index in [1.807, 2.05) is 0 Å². The van der Waals surface area contributed by atoms with E-state index in [9.17, 15) is 17.6 Å². The molecule has 1 rings (SSSR count). The zero-order valence-electron chi connectivity index (χ0n) is 7.86. The summed E-state index contributed by atoms with van der Waals surface area (Å²) in [5.41, 5.74) is -1.32. The summed E-state index contributed by atoms with van der Waals surface area (Å²) < 4.78 is 54.4. The van der Waals surface area contributed by atoms with Crippen LogP contribution < -0.4 is 10.1 Å². The SMILES string of the molecule is CNCOc1ccc(F)c(C(F)(F)F)c1. The monoisotopic (exact) mass is 223 g/mol. The second-order valence-corrected chi connectivity index (χ2v) is 2.78. The summed E-state index contributed by atoms with van der Waals surface area (Å²) in [5, 5.41) is 2.59. The van der Waals surface area contributed by atoms with Crippen LogP contribution in [-0.2, 0) is 6.18 Å². The number of benzene rings is 1. The summed E-state index contributed by atoms with van der Waals surface area (Å²) in [6.07, 6.45) is -4.71. The molecule has 0 saturated heterocycles. The molecule has 0 bridgehead atoms. The normalized spacial score (nSPS) is 11.5. The van der Waals surface area contributed by atoms with E-state index in [1.165, 1.54) is 0 Å². The van der Waals surface area contributed by atoms with Crippen LogP contribution in [0.25, 0.3) is 0 Å². The van der Waals surface area contributed by atoms with E-state index in [2.05, 4.69) is 5.32 Å². The molecule has 1 N–H and O–H groups in total. The Bertz CT molecular complexity index is 337. The molecule has 6 heteroatoms. The maximum atomic E-state index is 12.8. The molecule has 0 saturated carbocycles. The summed E-state index contributed by atoms with van der Waals surface area (Å²) >= 11 is 0. The van der Waals surface area contributed by atoms with Gasteiger partial charge in [0.05, 0.1) is 5.56 Å². The topological polar surface area (TPSA) is 21.3 Å². The molecule has 1 aromatic rings. The highest BCUT2D eigenvalue weighted by Crippen LogP contribution is 2.33. The van der Waals surface area contributed by atoms with Gasteiger partial charge in [-0.3, -0.25) is 5.32 Å². The Hall–Kier alpha value is -1.30. The lowest BCUT2D eigenvalue weighted by molar-refractivity contribution is -0.140. The number of rotatable bonds is 3. The molecule has 15 heavy (non-hydrogen) atoms. The van der Waals surface area contributed by atoms with Crippen molar-refractivity contribution in [3.63, 3.8) is 0 Å². The largest absolute Gasteiger partial charge is 0.478 e. The van der Waals surface area contributed by atoms with Crippen molar-refractivity contribution in [2.24, 2.45) is 0 Å².